The minimum Gasteiger partial charge on any atom is -0.352 e. The van der Waals surface area contributed by atoms with Crippen molar-refractivity contribution in [3.8, 4) is 0 Å². The lowest BCUT2D eigenvalue weighted by Gasteiger charge is -2.32. The molecule has 7 heteroatoms. The molecule has 6 nitrogen and oxygen atoms in total. The zero-order chi connectivity index (χ0) is 19.6. The number of aromatic amines is 1. The van der Waals surface area contributed by atoms with Crippen molar-refractivity contribution in [1.82, 2.24) is 20.1 Å². The third kappa shape index (κ3) is 2.56. The number of carbonyl (C=O) groups is 1. The van der Waals surface area contributed by atoms with Crippen molar-refractivity contribution >= 4 is 33.3 Å². The van der Waals surface area contributed by atoms with E-state index in [9.17, 15) is 4.79 Å². The molecular weight excluding hydrogens is 382 g/mol. The number of amides is 1. The molecule has 3 aliphatic rings. The number of nitrogens with zero attached hydrogens (tertiary/aromatic N) is 3. The first-order valence-electron chi connectivity index (χ1n) is 10.7. The van der Waals surface area contributed by atoms with Gasteiger partial charge in [-0.3, -0.25) is 4.79 Å². The normalized spacial score (nSPS) is 27.8. The molecule has 0 saturated heterocycles. The van der Waals surface area contributed by atoms with E-state index in [2.05, 4.69) is 32.3 Å². The number of hydrogen-bond acceptors (Lipinski definition) is 5. The highest BCUT2D eigenvalue weighted by atomic mass is 32.1. The number of likely N-dealkylation sites (N-methyl/N-ethyl adjacent to an activating group) is 1. The average Bonchev–Trinajstić information content (AvgIpc) is 3.49. The number of para-hydroxylation sites is 1. The van der Waals surface area contributed by atoms with Gasteiger partial charge in [-0.25, -0.2) is 0 Å². The predicted molar refractivity (Wildman–Crippen MR) is 114 cm³/mol. The molecule has 0 unspecified atom stereocenters. The Morgan fingerprint density at radius 1 is 1.31 bits per heavy atom. The minimum absolute atomic E-state index is 0.0506. The van der Waals surface area contributed by atoms with Gasteiger partial charge in [0.2, 0.25) is 5.13 Å². The molecule has 2 atom stereocenters. The van der Waals surface area contributed by atoms with Crippen LogP contribution < -0.4 is 5.32 Å². The maximum absolute atomic E-state index is 13.5. The molecule has 29 heavy (non-hydrogen) atoms. The summed E-state index contributed by atoms with van der Waals surface area (Å²) in [6.45, 7) is 2.80. The number of anilines is 1. The van der Waals surface area contributed by atoms with Crippen LogP contribution in [0.4, 0.5) is 5.13 Å². The minimum atomic E-state index is -0.110. The quantitative estimate of drug-likeness (QED) is 0.629. The largest absolute Gasteiger partial charge is 0.352 e. The fourth-order valence-electron chi connectivity index (χ4n) is 5.46. The van der Waals surface area contributed by atoms with E-state index in [1.807, 2.05) is 30.3 Å². The molecule has 0 bridgehead atoms. The second kappa shape index (κ2) is 6.05. The van der Waals surface area contributed by atoms with Gasteiger partial charge in [0.25, 0.3) is 5.91 Å². The number of rotatable bonds is 6. The van der Waals surface area contributed by atoms with Gasteiger partial charge < -0.3 is 15.2 Å². The van der Waals surface area contributed by atoms with Crippen LogP contribution in [0.15, 0.2) is 30.3 Å². The van der Waals surface area contributed by atoms with E-state index in [0.717, 1.165) is 46.7 Å². The molecule has 3 saturated carbocycles. The van der Waals surface area contributed by atoms with Crippen LogP contribution in [-0.4, -0.2) is 43.6 Å². The molecule has 3 aliphatic carbocycles. The topological polar surface area (TPSA) is 73.9 Å². The maximum Gasteiger partial charge on any atom is 0.270 e. The standard InChI is InChI=1S/C22H25N5OS/c1-2-27(19(28)17-12-15-6-3-4-7-16(15)23-17)22-11-5-10-21(22,13-22)24-20-26-25-18(29-20)14-8-9-14/h3-4,6-7,12,14,23H,2,5,8-11,13H2,1H3,(H,24,26)/t21-,22+/m0/s1. The molecule has 2 aromatic heterocycles. The van der Waals surface area contributed by atoms with E-state index in [0.29, 0.717) is 18.2 Å². The van der Waals surface area contributed by atoms with Gasteiger partial charge >= 0.3 is 0 Å². The fourth-order valence-corrected chi connectivity index (χ4v) is 6.47. The van der Waals surface area contributed by atoms with E-state index in [1.165, 1.54) is 12.8 Å². The Bertz CT molecular complexity index is 1070. The highest BCUT2D eigenvalue weighted by molar-refractivity contribution is 7.15. The monoisotopic (exact) mass is 407 g/mol. The summed E-state index contributed by atoms with van der Waals surface area (Å²) in [7, 11) is 0. The number of H-pyrrole nitrogens is 1. The van der Waals surface area contributed by atoms with Crippen LogP contribution in [0.1, 0.15) is 66.9 Å². The van der Waals surface area contributed by atoms with Crippen molar-refractivity contribution in [3.05, 3.63) is 41.0 Å². The molecule has 6 rings (SSSR count). The van der Waals surface area contributed by atoms with E-state index < -0.39 is 0 Å². The third-order valence-electron chi connectivity index (χ3n) is 7.11. The van der Waals surface area contributed by atoms with Crippen LogP contribution in [0, 0.1) is 0 Å². The van der Waals surface area contributed by atoms with E-state index in [-0.39, 0.29) is 17.0 Å². The first-order valence-corrected chi connectivity index (χ1v) is 11.5. The fraction of sp³-hybridized carbons (Fsp3) is 0.500. The lowest BCUT2D eigenvalue weighted by atomic mass is 10.1. The van der Waals surface area contributed by atoms with E-state index >= 15 is 0 Å². The lowest BCUT2D eigenvalue weighted by Crippen LogP contribution is -2.47. The van der Waals surface area contributed by atoms with Crippen molar-refractivity contribution in [2.24, 2.45) is 0 Å². The second-order valence-corrected chi connectivity index (χ2v) is 9.82. The van der Waals surface area contributed by atoms with Gasteiger partial charge in [-0.15, -0.1) is 10.2 Å². The summed E-state index contributed by atoms with van der Waals surface area (Å²) in [5, 5.41) is 15.7. The Labute approximate surface area is 173 Å². The number of fused-ring (bicyclic) bond motifs is 2. The number of nitrogens with one attached hydrogen (secondary N) is 2. The van der Waals surface area contributed by atoms with Crippen molar-refractivity contribution in [1.29, 1.82) is 0 Å². The SMILES string of the molecule is CCN(C(=O)c1cc2ccccc2[nH]1)[C@@]12CCC[C@]1(Nc1nnc(C3CC3)s1)C2. The third-order valence-corrected chi connectivity index (χ3v) is 8.11. The molecule has 150 valence electrons. The van der Waals surface area contributed by atoms with Crippen LogP contribution in [0.3, 0.4) is 0 Å². The van der Waals surface area contributed by atoms with Gasteiger partial charge in [-0.1, -0.05) is 29.5 Å². The Morgan fingerprint density at radius 2 is 2.17 bits per heavy atom. The van der Waals surface area contributed by atoms with Gasteiger partial charge in [0.05, 0.1) is 11.1 Å². The van der Waals surface area contributed by atoms with E-state index in [4.69, 9.17) is 0 Å². The smallest absolute Gasteiger partial charge is 0.270 e. The summed E-state index contributed by atoms with van der Waals surface area (Å²) >= 11 is 1.70. The van der Waals surface area contributed by atoms with Crippen molar-refractivity contribution in [2.45, 2.75) is 62.4 Å². The Hall–Kier alpha value is -2.41. The molecule has 0 radical (unpaired) electrons. The number of aromatic nitrogens is 3. The summed E-state index contributed by atoms with van der Waals surface area (Å²) in [5.74, 6) is 0.731. The summed E-state index contributed by atoms with van der Waals surface area (Å²) in [5.41, 5.74) is 1.53. The van der Waals surface area contributed by atoms with Crippen molar-refractivity contribution < 1.29 is 4.79 Å². The highest BCUT2D eigenvalue weighted by Crippen LogP contribution is 2.64. The van der Waals surface area contributed by atoms with Crippen LogP contribution >= 0.6 is 11.3 Å². The molecule has 1 aromatic carbocycles. The zero-order valence-corrected chi connectivity index (χ0v) is 17.4. The lowest BCUT2D eigenvalue weighted by molar-refractivity contribution is 0.0643. The number of benzene rings is 1. The van der Waals surface area contributed by atoms with Gasteiger partial charge in [-0.2, -0.15) is 0 Å². The van der Waals surface area contributed by atoms with Crippen LogP contribution in [0.2, 0.25) is 0 Å². The predicted octanol–water partition coefficient (Wildman–Crippen LogP) is 4.54. The molecular formula is C22H25N5OS. The number of hydrogen-bond donors (Lipinski definition) is 2. The van der Waals surface area contributed by atoms with E-state index in [1.54, 1.807) is 11.3 Å². The van der Waals surface area contributed by atoms with Crippen LogP contribution in [0.25, 0.3) is 10.9 Å². The molecule has 0 aliphatic heterocycles. The zero-order valence-electron chi connectivity index (χ0n) is 16.6. The van der Waals surface area contributed by atoms with Gasteiger partial charge in [0.15, 0.2) is 0 Å². The van der Waals surface area contributed by atoms with Gasteiger partial charge in [0.1, 0.15) is 10.7 Å². The first kappa shape index (κ1) is 17.4. The highest BCUT2D eigenvalue weighted by Gasteiger charge is 2.73. The van der Waals surface area contributed by atoms with Crippen LogP contribution in [-0.2, 0) is 0 Å². The molecule has 1 amide bonds. The molecule has 0 spiro atoms. The summed E-state index contributed by atoms with van der Waals surface area (Å²) in [4.78, 5) is 18.9. The second-order valence-electron chi connectivity index (χ2n) is 8.81. The number of carbonyl (C=O) groups excluding carboxylic acids is 1. The Kier molecular flexibility index (Phi) is 3.64. The summed E-state index contributed by atoms with van der Waals surface area (Å²) in [6, 6.07) is 10.0. The molecule has 3 fully saturated rings. The Morgan fingerprint density at radius 3 is 2.97 bits per heavy atom. The van der Waals surface area contributed by atoms with Crippen molar-refractivity contribution in [3.63, 3.8) is 0 Å². The van der Waals surface area contributed by atoms with Gasteiger partial charge in [-0.05, 0) is 57.6 Å². The molecule has 2 heterocycles. The summed E-state index contributed by atoms with van der Waals surface area (Å²) in [6.07, 6.45) is 6.75. The summed E-state index contributed by atoms with van der Waals surface area (Å²) < 4.78 is 0. The van der Waals surface area contributed by atoms with Gasteiger partial charge in [0, 0.05) is 23.4 Å². The maximum atomic E-state index is 13.5. The molecule has 2 N–H and O–H groups in total. The first-order chi connectivity index (χ1) is 14.1. The molecule has 3 aromatic rings. The Balaban J connectivity index is 1.28. The van der Waals surface area contributed by atoms with Crippen LogP contribution in [0.5, 0.6) is 0 Å². The average molecular weight is 408 g/mol. The van der Waals surface area contributed by atoms with Crippen molar-refractivity contribution in [2.75, 3.05) is 11.9 Å².